The number of benzene rings is 1. The second kappa shape index (κ2) is 8.12. The summed E-state index contributed by atoms with van der Waals surface area (Å²) in [6, 6.07) is 8.26. The molecule has 0 spiro atoms. The summed E-state index contributed by atoms with van der Waals surface area (Å²) in [6.45, 7) is 5.74. The van der Waals surface area contributed by atoms with Crippen molar-refractivity contribution in [2.45, 2.75) is 31.1 Å². The van der Waals surface area contributed by atoms with Gasteiger partial charge in [-0.15, -0.1) is 24.0 Å². The number of hydrogen-bond donors (Lipinski definition) is 2. The zero-order valence-electron chi connectivity index (χ0n) is 12.8. The normalized spacial score (nSPS) is 18.2. The Balaban J connectivity index is 0.00000220. The lowest BCUT2D eigenvalue weighted by Gasteiger charge is -2.27. The molecular formula is C15H24IN3OS. The standard InChI is InChI=1S/C15H23N3OS.HI/c1-15(2,20-3)10-17-14(16)18-12-8-9-19-13-7-5-4-6-11(12)13;/h4-7,12H,8-10H2,1-3H3,(H3,16,17,18);1H. The third-order valence-electron chi connectivity index (χ3n) is 3.46. The number of guanidine groups is 1. The lowest BCUT2D eigenvalue weighted by Crippen LogP contribution is -2.38. The first-order chi connectivity index (χ1) is 9.52. The third-order valence-corrected chi connectivity index (χ3v) is 4.70. The van der Waals surface area contributed by atoms with E-state index in [9.17, 15) is 0 Å². The fraction of sp³-hybridized carbons (Fsp3) is 0.533. The second-order valence-corrected chi connectivity index (χ2v) is 7.05. The first-order valence-corrected chi connectivity index (χ1v) is 8.07. The van der Waals surface area contributed by atoms with Gasteiger partial charge >= 0.3 is 0 Å². The molecule has 0 saturated carbocycles. The van der Waals surface area contributed by atoms with E-state index in [0.717, 1.165) is 17.7 Å². The first kappa shape index (κ1) is 18.4. The first-order valence-electron chi connectivity index (χ1n) is 6.85. The van der Waals surface area contributed by atoms with Crippen LogP contribution in [0.15, 0.2) is 29.3 Å². The van der Waals surface area contributed by atoms with Crippen LogP contribution in [0, 0.1) is 0 Å². The number of ether oxygens (including phenoxy) is 1. The highest BCUT2D eigenvalue weighted by molar-refractivity contribution is 14.0. The molecule has 1 atom stereocenters. The van der Waals surface area contributed by atoms with Gasteiger partial charge in [0.25, 0.3) is 0 Å². The number of rotatable bonds is 4. The molecule has 118 valence electrons. The number of fused-ring (bicyclic) bond motifs is 1. The van der Waals surface area contributed by atoms with E-state index in [-0.39, 0.29) is 34.8 Å². The molecule has 1 aliphatic heterocycles. The van der Waals surface area contributed by atoms with Crippen molar-refractivity contribution >= 4 is 41.7 Å². The number of nitrogens with zero attached hydrogens (tertiary/aromatic N) is 1. The van der Waals surface area contributed by atoms with Crippen LogP contribution >= 0.6 is 35.7 Å². The average Bonchev–Trinajstić information content (AvgIpc) is 2.46. The van der Waals surface area contributed by atoms with Crippen molar-refractivity contribution in [3.8, 4) is 5.75 Å². The Morgan fingerprint density at radius 2 is 2.19 bits per heavy atom. The van der Waals surface area contributed by atoms with Crippen LogP contribution in [0.2, 0.25) is 0 Å². The maximum absolute atomic E-state index is 6.01. The Labute approximate surface area is 148 Å². The lowest BCUT2D eigenvalue weighted by atomic mass is 10.0. The van der Waals surface area contributed by atoms with Crippen LogP contribution < -0.4 is 15.8 Å². The molecule has 1 heterocycles. The minimum atomic E-state index is 0. The van der Waals surface area contributed by atoms with Crippen molar-refractivity contribution in [3.05, 3.63) is 29.8 Å². The Morgan fingerprint density at radius 3 is 2.90 bits per heavy atom. The number of nitrogens with two attached hydrogens (primary N) is 1. The zero-order chi connectivity index (χ0) is 14.6. The van der Waals surface area contributed by atoms with E-state index in [2.05, 4.69) is 36.5 Å². The summed E-state index contributed by atoms with van der Waals surface area (Å²) in [4.78, 5) is 4.46. The summed E-state index contributed by atoms with van der Waals surface area (Å²) in [7, 11) is 0. The maximum Gasteiger partial charge on any atom is 0.189 e. The number of nitrogens with one attached hydrogen (secondary N) is 1. The smallest absolute Gasteiger partial charge is 0.189 e. The van der Waals surface area contributed by atoms with Crippen LogP contribution in [0.3, 0.4) is 0 Å². The molecule has 0 radical (unpaired) electrons. The Morgan fingerprint density at radius 1 is 1.48 bits per heavy atom. The average molecular weight is 421 g/mol. The monoisotopic (exact) mass is 421 g/mol. The molecule has 0 aliphatic carbocycles. The summed E-state index contributed by atoms with van der Waals surface area (Å²) in [5.74, 6) is 1.45. The quantitative estimate of drug-likeness (QED) is 0.446. The molecule has 1 aromatic carbocycles. The molecule has 1 aliphatic rings. The number of hydrogen-bond acceptors (Lipinski definition) is 3. The van der Waals surface area contributed by atoms with Gasteiger partial charge in [-0.3, -0.25) is 4.99 Å². The van der Waals surface area contributed by atoms with E-state index in [1.807, 2.05) is 18.2 Å². The molecule has 21 heavy (non-hydrogen) atoms. The van der Waals surface area contributed by atoms with Crippen LogP contribution in [-0.2, 0) is 0 Å². The molecule has 0 aromatic heterocycles. The molecule has 3 N–H and O–H groups in total. The van der Waals surface area contributed by atoms with Crippen molar-refractivity contribution in [2.75, 3.05) is 19.4 Å². The van der Waals surface area contributed by atoms with E-state index >= 15 is 0 Å². The molecule has 1 aromatic rings. The molecule has 4 nitrogen and oxygen atoms in total. The van der Waals surface area contributed by atoms with Crippen LogP contribution in [0.4, 0.5) is 0 Å². The summed E-state index contributed by atoms with van der Waals surface area (Å²) < 4.78 is 5.75. The fourth-order valence-electron chi connectivity index (χ4n) is 2.06. The van der Waals surface area contributed by atoms with Crippen molar-refractivity contribution in [3.63, 3.8) is 0 Å². The van der Waals surface area contributed by atoms with Gasteiger partial charge in [0.1, 0.15) is 5.75 Å². The van der Waals surface area contributed by atoms with E-state index in [0.29, 0.717) is 19.1 Å². The van der Waals surface area contributed by atoms with Crippen LogP contribution in [0.25, 0.3) is 0 Å². The molecule has 0 amide bonds. The van der Waals surface area contributed by atoms with E-state index in [4.69, 9.17) is 10.5 Å². The SMILES string of the molecule is CSC(C)(C)CN=C(N)NC1CCOc2ccccc21.I. The van der Waals surface area contributed by atoms with Gasteiger partial charge in [0, 0.05) is 16.7 Å². The predicted octanol–water partition coefficient (Wildman–Crippen LogP) is 3.17. The molecule has 1 unspecified atom stereocenters. The molecule has 0 bridgehead atoms. The van der Waals surface area contributed by atoms with Gasteiger partial charge in [-0.1, -0.05) is 18.2 Å². The van der Waals surface area contributed by atoms with E-state index in [1.54, 1.807) is 11.8 Å². The molecule has 0 saturated heterocycles. The number of thioether (sulfide) groups is 1. The van der Waals surface area contributed by atoms with Gasteiger partial charge in [-0.25, -0.2) is 0 Å². The third kappa shape index (κ3) is 5.25. The van der Waals surface area contributed by atoms with Crippen LogP contribution in [0.1, 0.15) is 31.9 Å². The highest BCUT2D eigenvalue weighted by atomic mass is 127. The Hall–Kier alpha value is -0.630. The van der Waals surface area contributed by atoms with Gasteiger partial charge in [-0.2, -0.15) is 11.8 Å². The zero-order valence-corrected chi connectivity index (χ0v) is 15.9. The van der Waals surface area contributed by atoms with Crippen molar-refractivity contribution < 1.29 is 4.74 Å². The highest BCUT2D eigenvalue weighted by Gasteiger charge is 2.21. The second-order valence-electron chi connectivity index (χ2n) is 5.54. The Bertz CT molecular complexity index is 494. The highest BCUT2D eigenvalue weighted by Crippen LogP contribution is 2.31. The van der Waals surface area contributed by atoms with Crippen molar-refractivity contribution in [1.29, 1.82) is 0 Å². The minimum Gasteiger partial charge on any atom is -0.493 e. The summed E-state index contributed by atoms with van der Waals surface area (Å²) in [5, 5.41) is 3.31. The summed E-state index contributed by atoms with van der Waals surface area (Å²) in [5.41, 5.74) is 7.17. The topological polar surface area (TPSA) is 59.6 Å². The summed E-state index contributed by atoms with van der Waals surface area (Å²) >= 11 is 1.79. The van der Waals surface area contributed by atoms with Gasteiger partial charge in [0.2, 0.25) is 0 Å². The van der Waals surface area contributed by atoms with E-state index < -0.39 is 0 Å². The largest absolute Gasteiger partial charge is 0.493 e. The Kier molecular flexibility index (Phi) is 7.12. The van der Waals surface area contributed by atoms with Gasteiger partial charge in [0.05, 0.1) is 19.2 Å². The molecular weight excluding hydrogens is 397 g/mol. The van der Waals surface area contributed by atoms with Crippen LogP contribution in [-0.4, -0.2) is 30.1 Å². The lowest BCUT2D eigenvalue weighted by molar-refractivity contribution is 0.262. The summed E-state index contributed by atoms with van der Waals surface area (Å²) in [6.07, 6.45) is 2.99. The molecule has 2 rings (SSSR count). The molecule has 6 heteroatoms. The number of aliphatic imine (C=N–C) groups is 1. The van der Waals surface area contributed by atoms with Gasteiger partial charge < -0.3 is 15.8 Å². The van der Waals surface area contributed by atoms with Gasteiger partial charge in [-0.05, 0) is 26.2 Å². The molecule has 0 fully saturated rings. The predicted molar refractivity (Wildman–Crippen MR) is 102 cm³/mol. The fourth-order valence-corrected chi connectivity index (χ4v) is 2.25. The van der Waals surface area contributed by atoms with Gasteiger partial charge in [0.15, 0.2) is 5.96 Å². The number of halogens is 1. The van der Waals surface area contributed by atoms with Crippen molar-refractivity contribution in [1.82, 2.24) is 5.32 Å². The van der Waals surface area contributed by atoms with Crippen LogP contribution in [0.5, 0.6) is 5.75 Å². The van der Waals surface area contributed by atoms with Crippen molar-refractivity contribution in [2.24, 2.45) is 10.7 Å². The minimum absolute atomic E-state index is 0. The number of para-hydroxylation sites is 1. The maximum atomic E-state index is 6.01. The van der Waals surface area contributed by atoms with E-state index in [1.165, 1.54) is 0 Å².